The molecule has 3 heteroatoms. The van der Waals surface area contributed by atoms with Crippen molar-refractivity contribution in [1.82, 2.24) is 0 Å². The van der Waals surface area contributed by atoms with Crippen LogP contribution in [0.15, 0.2) is 0 Å². The fourth-order valence-corrected chi connectivity index (χ4v) is 2.29. The molecule has 0 aromatic rings. The molecule has 0 spiro atoms. The summed E-state index contributed by atoms with van der Waals surface area (Å²) in [6, 6.07) is 1.23. The zero-order valence-electron chi connectivity index (χ0n) is 9.81. The van der Waals surface area contributed by atoms with E-state index in [0.29, 0.717) is 18.2 Å². The molecule has 0 amide bonds. The molecule has 0 radical (unpaired) electrons. The quantitative estimate of drug-likeness (QED) is 0.550. The summed E-state index contributed by atoms with van der Waals surface area (Å²) in [5, 5.41) is 0.471. The van der Waals surface area contributed by atoms with Crippen LogP contribution in [0.2, 0.25) is 24.2 Å². The molecule has 0 aliphatic heterocycles. The summed E-state index contributed by atoms with van der Waals surface area (Å²) in [6.45, 7) is 14.1. The molecule has 0 bridgehead atoms. The van der Waals surface area contributed by atoms with E-state index in [0.717, 1.165) is 6.61 Å². The third-order valence-electron chi connectivity index (χ3n) is 3.16. The maximum absolute atomic E-state index is 5.42. The smallest absolute Gasteiger partial charge is 0.0588 e. The predicted molar refractivity (Wildman–Crippen MR) is 61.9 cm³/mol. The minimum Gasteiger partial charge on any atom is -0.380 e. The maximum atomic E-state index is 5.42. The Morgan fingerprint density at radius 2 is 1.69 bits per heavy atom. The van der Waals surface area contributed by atoms with Gasteiger partial charge in [0.25, 0.3) is 0 Å². The second-order valence-electron chi connectivity index (χ2n) is 5.28. The number of hydrogen-bond donors (Lipinski definition) is 1. The Labute approximate surface area is 83.9 Å². The van der Waals surface area contributed by atoms with E-state index in [1.807, 2.05) is 0 Å². The summed E-state index contributed by atoms with van der Waals surface area (Å²) in [7, 11) is -1.12. The first-order valence-corrected chi connectivity index (χ1v) is 8.30. The number of ether oxygens (including phenoxy) is 1. The van der Waals surface area contributed by atoms with Crippen molar-refractivity contribution in [3.63, 3.8) is 0 Å². The van der Waals surface area contributed by atoms with Crippen molar-refractivity contribution < 1.29 is 4.74 Å². The van der Waals surface area contributed by atoms with Gasteiger partial charge in [-0.1, -0.05) is 33.9 Å². The highest BCUT2D eigenvalue weighted by Crippen LogP contribution is 2.38. The van der Waals surface area contributed by atoms with Crippen LogP contribution in [0.3, 0.4) is 0 Å². The largest absolute Gasteiger partial charge is 0.380 e. The molecule has 0 atom stereocenters. The molecule has 0 aromatic heterocycles. The Balaban J connectivity index is 3.77. The summed E-state index contributed by atoms with van der Waals surface area (Å²) in [5.74, 6) is 0. The van der Waals surface area contributed by atoms with Gasteiger partial charge in [-0.3, -0.25) is 0 Å². The molecule has 0 saturated heterocycles. The lowest BCUT2D eigenvalue weighted by atomic mass is 10.2. The summed E-state index contributed by atoms with van der Waals surface area (Å²) in [5.41, 5.74) is 5.35. The lowest BCUT2D eigenvalue weighted by Gasteiger charge is -2.36. The van der Waals surface area contributed by atoms with Gasteiger partial charge in [0.2, 0.25) is 0 Å². The topological polar surface area (TPSA) is 35.2 Å². The fourth-order valence-electron chi connectivity index (χ4n) is 0.888. The van der Waals surface area contributed by atoms with Gasteiger partial charge in [-0.15, -0.1) is 0 Å². The van der Waals surface area contributed by atoms with Crippen molar-refractivity contribution in [3.8, 4) is 0 Å². The third-order valence-corrected chi connectivity index (χ3v) is 8.68. The molecular weight excluding hydrogens is 178 g/mol. The minimum absolute atomic E-state index is 0.471. The monoisotopic (exact) mass is 203 g/mol. The van der Waals surface area contributed by atoms with Crippen molar-refractivity contribution in [2.75, 3.05) is 19.8 Å². The first-order valence-electron chi connectivity index (χ1n) is 5.09. The molecule has 0 unspecified atom stereocenters. The number of rotatable bonds is 5. The molecule has 80 valence electrons. The van der Waals surface area contributed by atoms with Crippen LogP contribution < -0.4 is 5.73 Å². The van der Waals surface area contributed by atoms with Gasteiger partial charge in [0.05, 0.1) is 14.7 Å². The molecule has 2 N–H and O–H groups in total. The predicted octanol–water partition coefficient (Wildman–Crippen LogP) is 2.47. The van der Waals surface area contributed by atoms with Gasteiger partial charge in [0, 0.05) is 13.2 Å². The van der Waals surface area contributed by atoms with Gasteiger partial charge >= 0.3 is 0 Å². The Morgan fingerprint density at radius 3 is 2.08 bits per heavy atom. The third kappa shape index (κ3) is 4.79. The molecule has 0 aliphatic carbocycles. The number of hydrogen-bond acceptors (Lipinski definition) is 2. The van der Waals surface area contributed by atoms with Crippen molar-refractivity contribution in [2.24, 2.45) is 5.73 Å². The van der Waals surface area contributed by atoms with Crippen molar-refractivity contribution in [2.45, 2.75) is 44.9 Å². The Bertz CT molecular complexity index is 140. The number of nitrogens with two attached hydrogens (primary N) is 1. The van der Waals surface area contributed by atoms with Crippen LogP contribution in [0.4, 0.5) is 0 Å². The molecule has 0 rings (SSSR count). The average Bonchev–Trinajstić information content (AvgIpc) is 1.96. The normalized spacial score (nSPS) is 13.4. The Hall–Kier alpha value is 0.137. The lowest BCUT2D eigenvalue weighted by Crippen LogP contribution is -2.38. The van der Waals surface area contributed by atoms with Crippen LogP contribution in [-0.2, 0) is 4.74 Å². The molecule has 0 fully saturated rings. The van der Waals surface area contributed by atoms with E-state index in [-0.39, 0.29) is 0 Å². The lowest BCUT2D eigenvalue weighted by molar-refractivity contribution is 0.154. The zero-order valence-corrected chi connectivity index (χ0v) is 10.8. The van der Waals surface area contributed by atoms with Gasteiger partial charge in [-0.2, -0.15) is 0 Å². The van der Waals surface area contributed by atoms with Crippen LogP contribution >= 0.6 is 0 Å². The van der Waals surface area contributed by atoms with Crippen LogP contribution in [0, 0.1) is 0 Å². The van der Waals surface area contributed by atoms with E-state index in [4.69, 9.17) is 10.5 Å². The summed E-state index contributed by atoms with van der Waals surface area (Å²) in [6.07, 6.45) is 0. The maximum Gasteiger partial charge on any atom is 0.0588 e. The first-order chi connectivity index (χ1) is 5.81. The average molecular weight is 203 g/mol. The van der Waals surface area contributed by atoms with E-state index >= 15 is 0 Å². The van der Waals surface area contributed by atoms with E-state index in [1.54, 1.807) is 0 Å². The highest BCUT2D eigenvalue weighted by Gasteiger charge is 2.34. The molecular formula is C10H25NOSi. The minimum atomic E-state index is -1.12. The molecule has 13 heavy (non-hydrogen) atoms. The van der Waals surface area contributed by atoms with Gasteiger partial charge in [0.15, 0.2) is 0 Å². The van der Waals surface area contributed by atoms with E-state index < -0.39 is 8.07 Å². The molecule has 0 heterocycles. The SMILES string of the molecule is CC(C)(C)[Si](C)(C)CCOCCN. The molecule has 0 saturated carbocycles. The van der Waals surface area contributed by atoms with Crippen LogP contribution in [0.1, 0.15) is 20.8 Å². The van der Waals surface area contributed by atoms with Gasteiger partial charge in [-0.25, -0.2) is 0 Å². The highest BCUT2D eigenvalue weighted by molar-refractivity contribution is 6.80. The molecule has 2 nitrogen and oxygen atoms in total. The van der Waals surface area contributed by atoms with E-state index in [2.05, 4.69) is 33.9 Å². The van der Waals surface area contributed by atoms with Gasteiger partial charge in [-0.05, 0) is 11.1 Å². The Morgan fingerprint density at radius 1 is 1.15 bits per heavy atom. The van der Waals surface area contributed by atoms with Crippen molar-refractivity contribution in [3.05, 3.63) is 0 Å². The zero-order chi connectivity index (χ0) is 10.5. The fraction of sp³-hybridized carbons (Fsp3) is 1.00. The van der Waals surface area contributed by atoms with Crippen LogP contribution in [0.25, 0.3) is 0 Å². The Kier molecular flexibility index (Phi) is 5.18. The van der Waals surface area contributed by atoms with E-state index in [9.17, 15) is 0 Å². The first kappa shape index (κ1) is 13.1. The van der Waals surface area contributed by atoms with Crippen LogP contribution in [-0.4, -0.2) is 27.8 Å². The van der Waals surface area contributed by atoms with Gasteiger partial charge < -0.3 is 10.5 Å². The summed E-state index contributed by atoms with van der Waals surface area (Å²) >= 11 is 0. The summed E-state index contributed by atoms with van der Waals surface area (Å²) in [4.78, 5) is 0. The van der Waals surface area contributed by atoms with E-state index in [1.165, 1.54) is 6.04 Å². The van der Waals surface area contributed by atoms with Gasteiger partial charge in [0.1, 0.15) is 0 Å². The second-order valence-corrected chi connectivity index (χ2v) is 11.1. The molecule has 0 aromatic carbocycles. The van der Waals surface area contributed by atoms with Crippen molar-refractivity contribution in [1.29, 1.82) is 0 Å². The summed E-state index contributed by atoms with van der Waals surface area (Å²) < 4.78 is 5.42. The highest BCUT2D eigenvalue weighted by atomic mass is 28.3. The molecule has 0 aliphatic rings. The standard InChI is InChI=1S/C10H25NOSi/c1-10(2,3)13(4,5)9-8-12-7-6-11/h6-9,11H2,1-5H3. The van der Waals surface area contributed by atoms with Crippen molar-refractivity contribution >= 4 is 8.07 Å². The van der Waals surface area contributed by atoms with Crippen LogP contribution in [0.5, 0.6) is 0 Å². The second kappa shape index (κ2) is 5.13.